The Morgan fingerprint density at radius 3 is 1.26 bits per heavy atom. The second kappa shape index (κ2) is 14.5. The van der Waals surface area contributed by atoms with Crippen LogP contribution in [0.15, 0.2) is 218 Å². The molecule has 0 radical (unpaired) electrons. The highest BCUT2D eigenvalue weighted by Crippen LogP contribution is 2.45. The quantitative estimate of drug-likeness (QED) is 0.152. The molecule has 0 bridgehead atoms. The molecular weight excluding hydrogens is 741 g/mol. The minimum Gasteiger partial charge on any atom is -0.310 e. The van der Waals surface area contributed by atoms with Crippen molar-refractivity contribution >= 4 is 97.1 Å². The van der Waals surface area contributed by atoms with Gasteiger partial charge in [-0.15, -0.1) is 22.7 Å². The number of para-hydroxylation sites is 3. The highest BCUT2D eigenvalue weighted by Gasteiger charge is 2.19. The number of fused-ring (bicyclic) bond motifs is 6. The van der Waals surface area contributed by atoms with Gasteiger partial charge in [0.25, 0.3) is 0 Å². The van der Waals surface area contributed by atoms with Crippen LogP contribution in [-0.4, -0.2) is 0 Å². The van der Waals surface area contributed by atoms with Crippen molar-refractivity contribution in [3.63, 3.8) is 0 Å². The summed E-state index contributed by atoms with van der Waals surface area (Å²) in [6.45, 7) is 0. The molecule has 11 aromatic rings. The van der Waals surface area contributed by atoms with Crippen molar-refractivity contribution in [3.8, 4) is 22.3 Å². The third-order valence-electron chi connectivity index (χ3n) is 11.0. The lowest BCUT2D eigenvalue weighted by molar-refractivity contribution is 1.29. The number of rotatable bonds is 8. The van der Waals surface area contributed by atoms with Crippen molar-refractivity contribution in [2.75, 3.05) is 9.80 Å². The second-order valence-electron chi connectivity index (χ2n) is 14.6. The highest BCUT2D eigenvalue weighted by atomic mass is 32.1. The average Bonchev–Trinajstić information content (AvgIpc) is 3.85. The molecule has 0 aliphatic rings. The summed E-state index contributed by atoms with van der Waals surface area (Å²) in [5, 5.41) is 5.12. The van der Waals surface area contributed by atoms with Gasteiger partial charge in [-0.3, -0.25) is 0 Å². The maximum absolute atomic E-state index is 2.41. The lowest BCUT2D eigenvalue weighted by Gasteiger charge is -2.27. The molecule has 0 spiro atoms. The first-order chi connectivity index (χ1) is 28.7. The van der Waals surface area contributed by atoms with Gasteiger partial charge in [0, 0.05) is 74.5 Å². The van der Waals surface area contributed by atoms with Gasteiger partial charge in [-0.25, -0.2) is 0 Å². The Kier molecular flexibility index (Phi) is 8.58. The van der Waals surface area contributed by atoms with E-state index >= 15 is 0 Å². The zero-order valence-corrected chi connectivity index (χ0v) is 33.1. The van der Waals surface area contributed by atoms with E-state index in [9.17, 15) is 0 Å². The van der Waals surface area contributed by atoms with Gasteiger partial charge in [0.2, 0.25) is 0 Å². The first-order valence-corrected chi connectivity index (χ1v) is 21.2. The monoisotopic (exact) mass is 776 g/mol. The molecule has 0 aliphatic heterocycles. The Morgan fingerprint density at radius 2 is 0.672 bits per heavy atom. The van der Waals surface area contributed by atoms with Crippen LogP contribution in [0.4, 0.5) is 34.1 Å². The number of benzene rings is 9. The van der Waals surface area contributed by atoms with Crippen LogP contribution in [0, 0.1) is 0 Å². The van der Waals surface area contributed by atoms with Crippen LogP contribution >= 0.6 is 22.7 Å². The number of hydrogen-bond acceptors (Lipinski definition) is 4. The molecule has 0 amide bonds. The predicted octanol–water partition coefficient (Wildman–Crippen LogP) is 16.7. The maximum Gasteiger partial charge on any atom is 0.0473 e. The minimum absolute atomic E-state index is 1.12. The van der Waals surface area contributed by atoms with Gasteiger partial charge >= 0.3 is 0 Å². The van der Waals surface area contributed by atoms with E-state index in [1.165, 1.54) is 62.6 Å². The fourth-order valence-corrected chi connectivity index (χ4v) is 10.5. The molecule has 0 unspecified atom stereocenters. The fraction of sp³-hybridized carbons (Fsp3) is 0. The number of nitrogens with zero attached hydrogens (tertiary/aromatic N) is 2. The lowest BCUT2D eigenvalue weighted by Crippen LogP contribution is -2.10. The van der Waals surface area contributed by atoms with Crippen molar-refractivity contribution in [1.29, 1.82) is 0 Å². The van der Waals surface area contributed by atoms with Crippen molar-refractivity contribution in [2.24, 2.45) is 0 Å². The van der Waals surface area contributed by atoms with Gasteiger partial charge in [-0.2, -0.15) is 0 Å². The number of anilines is 6. The Hall–Kier alpha value is -6.98. The Bertz CT molecular complexity index is 3190. The normalized spacial score (nSPS) is 11.4. The minimum atomic E-state index is 1.12. The van der Waals surface area contributed by atoms with Crippen LogP contribution in [-0.2, 0) is 0 Å². The largest absolute Gasteiger partial charge is 0.310 e. The van der Waals surface area contributed by atoms with Crippen molar-refractivity contribution in [1.82, 2.24) is 0 Å². The van der Waals surface area contributed by atoms with Crippen LogP contribution in [0.3, 0.4) is 0 Å². The van der Waals surface area contributed by atoms with Gasteiger partial charge in [-0.05, 0) is 125 Å². The Morgan fingerprint density at radius 1 is 0.224 bits per heavy atom. The molecule has 0 saturated carbocycles. The van der Waals surface area contributed by atoms with Crippen molar-refractivity contribution < 1.29 is 0 Å². The predicted molar refractivity (Wildman–Crippen MR) is 252 cm³/mol. The molecule has 0 atom stereocenters. The second-order valence-corrected chi connectivity index (χ2v) is 16.8. The number of thiophene rings is 2. The van der Waals surface area contributed by atoms with Gasteiger partial charge < -0.3 is 9.80 Å². The zero-order valence-electron chi connectivity index (χ0n) is 31.5. The molecule has 11 rings (SSSR count). The van der Waals surface area contributed by atoms with Crippen LogP contribution < -0.4 is 9.80 Å². The van der Waals surface area contributed by atoms with E-state index < -0.39 is 0 Å². The van der Waals surface area contributed by atoms with Gasteiger partial charge in [0.05, 0.1) is 0 Å². The standard InChI is InChI=1S/C54H36N2S2/c1-5-15-37(16-6-1)39-31-40(33-46(32-39)56(43-21-11-4-12-22-43)45-27-29-52-49(36-45)47-23-13-14-24-51(47)57-52)38-25-28-48-50-35-44(26-30-53(50)58-54(48)34-38)55(41-17-7-2-8-18-41)42-19-9-3-10-20-42/h1-36H. The molecule has 0 fully saturated rings. The smallest absolute Gasteiger partial charge is 0.0473 e. The molecule has 4 heteroatoms. The molecule has 0 aliphatic carbocycles. The first kappa shape index (κ1) is 34.3. The SMILES string of the molecule is c1ccc(-c2cc(-c3ccc4c(c3)sc3ccc(N(c5ccccc5)c5ccccc5)cc34)cc(N(c3ccccc3)c3ccc4sc5ccccc5c4c3)c2)cc1. The fourth-order valence-electron chi connectivity index (χ4n) is 8.27. The zero-order chi connectivity index (χ0) is 38.4. The summed E-state index contributed by atoms with van der Waals surface area (Å²) in [7, 11) is 0. The van der Waals surface area contributed by atoms with E-state index in [-0.39, 0.29) is 0 Å². The van der Waals surface area contributed by atoms with Crippen LogP contribution in [0.25, 0.3) is 62.6 Å². The lowest BCUT2D eigenvalue weighted by atomic mass is 9.96. The van der Waals surface area contributed by atoms with E-state index in [0.29, 0.717) is 0 Å². The van der Waals surface area contributed by atoms with E-state index in [2.05, 4.69) is 228 Å². The Labute approximate surface area is 345 Å². The van der Waals surface area contributed by atoms with Crippen molar-refractivity contribution in [3.05, 3.63) is 218 Å². The maximum atomic E-state index is 2.41. The molecule has 274 valence electrons. The third-order valence-corrected chi connectivity index (χ3v) is 13.3. The van der Waals surface area contributed by atoms with Gasteiger partial charge in [-0.1, -0.05) is 115 Å². The topological polar surface area (TPSA) is 6.48 Å². The summed E-state index contributed by atoms with van der Waals surface area (Å²) in [5.41, 5.74) is 11.5. The molecule has 58 heavy (non-hydrogen) atoms. The summed E-state index contributed by atoms with van der Waals surface area (Å²) in [6.07, 6.45) is 0. The van der Waals surface area contributed by atoms with Crippen molar-refractivity contribution in [2.45, 2.75) is 0 Å². The molecule has 0 saturated heterocycles. The van der Waals surface area contributed by atoms with E-state index in [4.69, 9.17) is 0 Å². The summed E-state index contributed by atoms with van der Waals surface area (Å²) in [6, 6.07) is 79.4. The van der Waals surface area contributed by atoms with E-state index in [1.807, 2.05) is 22.7 Å². The molecule has 0 N–H and O–H groups in total. The molecular formula is C54H36N2S2. The highest BCUT2D eigenvalue weighted by molar-refractivity contribution is 7.26. The first-order valence-electron chi connectivity index (χ1n) is 19.6. The Balaban J connectivity index is 1.06. The summed E-state index contributed by atoms with van der Waals surface area (Å²) in [4.78, 5) is 4.75. The molecule has 2 aromatic heterocycles. The molecule has 2 heterocycles. The molecule has 2 nitrogen and oxygen atoms in total. The van der Waals surface area contributed by atoms with Gasteiger partial charge in [0.1, 0.15) is 0 Å². The number of hydrogen-bond donors (Lipinski definition) is 0. The van der Waals surface area contributed by atoms with Crippen LogP contribution in [0.1, 0.15) is 0 Å². The summed E-state index contributed by atoms with van der Waals surface area (Å²) in [5.74, 6) is 0. The molecule has 9 aromatic carbocycles. The van der Waals surface area contributed by atoms with Gasteiger partial charge in [0.15, 0.2) is 0 Å². The summed E-state index contributed by atoms with van der Waals surface area (Å²) < 4.78 is 5.17. The third kappa shape index (κ3) is 6.20. The van der Waals surface area contributed by atoms with Crippen LogP contribution in [0.2, 0.25) is 0 Å². The summed E-state index contributed by atoms with van der Waals surface area (Å²) >= 11 is 3.72. The van der Waals surface area contributed by atoms with E-state index in [0.717, 1.165) is 34.1 Å². The average molecular weight is 777 g/mol. The van der Waals surface area contributed by atoms with Crippen LogP contribution in [0.5, 0.6) is 0 Å². The van der Waals surface area contributed by atoms with E-state index in [1.54, 1.807) is 0 Å².